The Balaban J connectivity index is 2.10. The van der Waals surface area contributed by atoms with Gasteiger partial charge < -0.3 is 9.30 Å². The van der Waals surface area contributed by atoms with Crippen LogP contribution < -0.4 is 5.32 Å². The third-order valence-corrected chi connectivity index (χ3v) is 2.38. The summed E-state index contributed by atoms with van der Waals surface area (Å²) in [5.74, 6) is -0.405. The molecule has 0 saturated carbocycles. The summed E-state index contributed by atoms with van der Waals surface area (Å²) in [4.78, 5) is 26.5. The Morgan fingerprint density at radius 1 is 1.80 bits per heavy atom. The Morgan fingerprint density at radius 2 is 2.60 bits per heavy atom. The smallest absolute Gasteiger partial charge is 0.306 e. The van der Waals surface area contributed by atoms with Gasteiger partial charge in [0.15, 0.2) is 0 Å². The maximum atomic E-state index is 11.5. The lowest BCUT2D eigenvalue weighted by molar-refractivity contribution is -0.143. The summed E-state index contributed by atoms with van der Waals surface area (Å²) in [7, 11) is 1.31. The molecule has 80 valence electrons. The molecule has 6 nitrogen and oxygen atoms in total. The highest BCUT2D eigenvalue weighted by Crippen LogP contribution is 2.19. The third-order valence-electron chi connectivity index (χ3n) is 2.38. The van der Waals surface area contributed by atoms with Crippen molar-refractivity contribution in [1.29, 1.82) is 0 Å². The van der Waals surface area contributed by atoms with Gasteiger partial charge in [-0.3, -0.25) is 14.9 Å². The van der Waals surface area contributed by atoms with E-state index in [2.05, 4.69) is 15.0 Å². The number of methoxy groups -OCH3 is 1. The molecule has 1 atom stereocenters. The number of carbonyl (C=O) groups excluding carboxylic acids is 2. The first-order valence-corrected chi connectivity index (χ1v) is 4.59. The molecule has 1 unspecified atom stereocenters. The van der Waals surface area contributed by atoms with Gasteiger partial charge in [0.2, 0.25) is 11.9 Å². The van der Waals surface area contributed by atoms with E-state index in [-0.39, 0.29) is 24.2 Å². The number of aromatic nitrogens is 2. The molecule has 0 spiro atoms. The minimum absolute atomic E-state index is 0.0972. The number of anilines is 1. The minimum Gasteiger partial charge on any atom is -0.469 e. The molecule has 1 amide bonds. The second kappa shape index (κ2) is 3.72. The highest BCUT2D eigenvalue weighted by Gasteiger charge is 2.28. The average molecular weight is 209 g/mol. The van der Waals surface area contributed by atoms with E-state index in [4.69, 9.17) is 0 Å². The van der Waals surface area contributed by atoms with Gasteiger partial charge in [-0.05, 0) is 0 Å². The number of esters is 1. The molecule has 1 aliphatic rings. The number of nitrogens with zero attached hydrogens (tertiary/aromatic N) is 2. The van der Waals surface area contributed by atoms with Gasteiger partial charge >= 0.3 is 5.97 Å². The van der Waals surface area contributed by atoms with Crippen molar-refractivity contribution in [3.05, 3.63) is 12.4 Å². The van der Waals surface area contributed by atoms with Crippen molar-refractivity contribution in [1.82, 2.24) is 9.55 Å². The van der Waals surface area contributed by atoms with Crippen LogP contribution in [0.1, 0.15) is 6.42 Å². The van der Waals surface area contributed by atoms with E-state index in [0.717, 1.165) is 0 Å². The monoisotopic (exact) mass is 209 g/mol. The number of carbonyl (C=O) groups is 2. The second-order valence-electron chi connectivity index (χ2n) is 3.37. The van der Waals surface area contributed by atoms with Crippen LogP contribution in [0.15, 0.2) is 12.4 Å². The molecule has 6 heteroatoms. The molecule has 0 aromatic carbocycles. The zero-order valence-electron chi connectivity index (χ0n) is 8.27. The van der Waals surface area contributed by atoms with Gasteiger partial charge in [-0.15, -0.1) is 0 Å². The molecule has 2 heterocycles. The van der Waals surface area contributed by atoms with Crippen LogP contribution in [0.25, 0.3) is 0 Å². The minimum atomic E-state index is -0.376. The van der Waals surface area contributed by atoms with Crippen LogP contribution in [0.2, 0.25) is 0 Å². The fourth-order valence-electron chi connectivity index (χ4n) is 1.55. The molecular weight excluding hydrogens is 198 g/mol. The van der Waals surface area contributed by atoms with Crippen molar-refractivity contribution in [3.8, 4) is 0 Å². The molecule has 2 rings (SSSR count). The first-order valence-electron chi connectivity index (χ1n) is 4.59. The standard InChI is InChI=1S/C9H11N3O3/c1-15-7(13)4-6-5-12-3-2-10-9(12)11-8(6)14/h2-3,6H,4-5H2,1H3,(H,10,11,14). The molecule has 1 aliphatic heterocycles. The predicted molar refractivity (Wildman–Crippen MR) is 51.0 cm³/mol. The highest BCUT2D eigenvalue weighted by atomic mass is 16.5. The van der Waals surface area contributed by atoms with Gasteiger partial charge in [0.05, 0.1) is 19.4 Å². The van der Waals surface area contributed by atoms with Crippen molar-refractivity contribution < 1.29 is 14.3 Å². The maximum absolute atomic E-state index is 11.5. The molecule has 0 radical (unpaired) electrons. The normalized spacial score (nSPS) is 19.3. The van der Waals surface area contributed by atoms with Crippen LogP contribution >= 0.6 is 0 Å². The molecule has 1 N–H and O–H groups in total. The Morgan fingerprint density at radius 3 is 3.33 bits per heavy atom. The first-order chi connectivity index (χ1) is 7.20. The summed E-state index contributed by atoms with van der Waals surface area (Å²) in [6, 6.07) is 0. The first kappa shape index (κ1) is 9.70. The van der Waals surface area contributed by atoms with Crippen LogP contribution in [-0.4, -0.2) is 28.5 Å². The Hall–Kier alpha value is -1.85. The van der Waals surface area contributed by atoms with E-state index in [0.29, 0.717) is 12.5 Å². The number of nitrogens with one attached hydrogen (secondary N) is 1. The Bertz CT molecular complexity index is 399. The summed E-state index contributed by atoms with van der Waals surface area (Å²) in [5.41, 5.74) is 0. The fourth-order valence-corrected chi connectivity index (χ4v) is 1.55. The Kier molecular flexibility index (Phi) is 2.40. The van der Waals surface area contributed by atoms with Gasteiger partial charge in [-0.2, -0.15) is 0 Å². The SMILES string of the molecule is COC(=O)CC1Cn2ccnc2NC1=O. The summed E-state index contributed by atoms with van der Waals surface area (Å²) in [6.07, 6.45) is 3.47. The number of imidazole rings is 1. The Labute approximate surface area is 86.2 Å². The van der Waals surface area contributed by atoms with Crippen LogP contribution in [0, 0.1) is 5.92 Å². The largest absolute Gasteiger partial charge is 0.469 e. The highest BCUT2D eigenvalue weighted by molar-refractivity contribution is 5.94. The van der Waals surface area contributed by atoms with Crippen molar-refractivity contribution in [3.63, 3.8) is 0 Å². The topological polar surface area (TPSA) is 73.2 Å². The number of hydrogen-bond acceptors (Lipinski definition) is 4. The van der Waals surface area contributed by atoms with Gasteiger partial charge in [-0.25, -0.2) is 4.98 Å². The van der Waals surface area contributed by atoms with E-state index in [1.54, 1.807) is 17.0 Å². The quantitative estimate of drug-likeness (QED) is 0.696. The molecule has 0 bridgehead atoms. The lowest BCUT2D eigenvalue weighted by Crippen LogP contribution is -2.34. The number of fused-ring (bicyclic) bond motifs is 1. The van der Waals surface area contributed by atoms with E-state index in [1.807, 2.05) is 0 Å². The molecule has 15 heavy (non-hydrogen) atoms. The molecule has 0 aliphatic carbocycles. The number of ether oxygens (including phenoxy) is 1. The summed E-state index contributed by atoms with van der Waals surface area (Å²) >= 11 is 0. The van der Waals surface area contributed by atoms with Crippen molar-refractivity contribution >= 4 is 17.8 Å². The van der Waals surface area contributed by atoms with Crippen LogP contribution in [-0.2, 0) is 20.9 Å². The van der Waals surface area contributed by atoms with Crippen molar-refractivity contribution in [2.45, 2.75) is 13.0 Å². The molecule has 0 fully saturated rings. The third kappa shape index (κ3) is 1.83. The average Bonchev–Trinajstić information content (AvgIpc) is 2.65. The number of amides is 1. The van der Waals surface area contributed by atoms with E-state index in [9.17, 15) is 9.59 Å². The number of rotatable bonds is 2. The molecule has 0 saturated heterocycles. The maximum Gasteiger partial charge on any atom is 0.306 e. The zero-order valence-corrected chi connectivity index (χ0v) is 8.27. The van der Waals surface area contributed by atoms with Crippen LogP contribution in [0.5, 0.6) is 0 Å². The molecule has 1 aromatic heterocycles. The van der Waals surface area contributed by atoms with Gasteiger partial charge in [0, 0.05) is 18.9 Å². The summed E-state index contributed by atoms with van der Waals surface area (Å²) < 4.78 is 6.33. The van der Waals surface area contributed by atoms with E-state index < -0.39 is 0 Å². The van der Waals surface area contributed by atoms with E-state index in [1.165, 1.54) is 7.11 Å². The second-order valence-corrected chi connectivity index (χ2v) is 3.37. The lowest BCUT2D eigenvalue weighted by Gasteiger charge is -2.22. The number of hydrogen-bond donors (Lipinski definition) is 1. The summed E-state index contributed by atoms with van der Waals surface area (Å²) in [6.45, 7) is 0.469. The van der Waals surface area contributed by atoms with E-state index >= 15 is 0 Å². The van der Waals surface area contributed by atoms with Crippen molar-refractivity contribution in [2.75, 3.05) is 12.4 Å². The van der Waals surface area contributed by atoms with Gasteiger partial charge in [0.1, 0.15) is 0 Å². The van der Waals surface area contributed by atoms with Crippen molar-refractivity contribution in [2.24, 2.45) is 5.92 Å². The lowest BCUT2D eigenvalue weighted by atomic mass is 10.0. The van der Waals surface area contributed by atoms with Gasteiger partial charge in [0.25, 0.3) is 0 Å². The summed E-state index contributed by atoms with van der Waals surface area (Å²) in [5, 5.41) is 2.62. The van der Waals surface area contributed by atoms with Crippen LogP contribution in [0.4, 0.5) is 5.95 Å². The van der Waals surface area contributed by atoms with Gasteiger partial charge in [-0.1, -0.05) is 0 Å². The zero-order chi connectivity index (χ0) is 10.8. The molecule has 1 aromatic rings. The van der Waals surface area contributed by atoms with Crippen LogP contribution in [0.3, 0.4) is 0 Å². The fraction of sp³-hybridized carbons (Fsp3) is 0.444. The molecular formula is C9H11N3O3. The predicted octanol–water partition coefficient (Wildman–Crippen LogP) is 0.0145.